The van der Waals surface area contributed by atoms with Gasteiger partial charge < -0.3 is 0 Å². The fraction of sp³-hybridized carbons (Fsp3) is 0.391. The van der Waals surface area contributed by atoms with Crippen LogP contribution in [0.15, 0.2) is 60.1 Å². The quantitative estimate of drug-likeness (QED) is 0.542. The normalized spacial score (nSPS) is 21.2. The Morgan fingerprint density at radius 3 is 2.04 bits per heavy atom. The lowest BCUT2D eigenvalue weighted by Crippen LogP contribution is -2.13. The molecule has 3 rings (SSSR count). The van der Waals surface area contributed by atoms with Crippen molar-refractivity contribution in [2.45, 2.75) is 45.4 Å². The van der Waals surface area contributed by atoms with Crippen LogP contribution in [0.2, 0.25) is 0 Å². The molecule has 1 saturated carbocycles. The Balaban J connectivity index is 1.51. The summed E-state index contributed by atoms with van der Waals surface area (Å²) in [5.74, 6) is 1.61. The van der Waals surface area contributed by atoms with Crippen LogP contribution in [-0.2, 0) is 6.42 Å². The average Bonchev–Trinajstić information content (AvgIpc) is 2.63. The van der Waals surface area contributed by atoms with Crippen LogP contribution in [-0.4, -0.2) is 0 Å². The first-order chi connectivity index (χ1) is 11.7. The summed E-state index contributed by atoms with van der Waals surface area (Å²) < 4.78 is 0. The van der Waals surface area contributed by atoms with Gasteiger partial charge in [0.15, 0.2) is 0 Å². The number of hydrogen-bond donors (Lipinski definition) is 0. The highest BCUT2D eigenvalue weighted by atomic mass is 35.5. The summed E-state index contributed by atoms with van der Waals surface area (Å²) >= 11 is 5.70. The molecule has 24 heavy (non-hydrogen) atoms. The van der Waals surface area contributed by atoms with Crippen molar-refractivity contribution in [1.82, 2.24) is 0 Å². The van der Waals surface area contributed by atoms with Crippen molar-refractivity contribution in [3.05, 3.63) is 71.3 Å². The van der Waals surface area contributed by atoms with Crippen LogP contribution in [0.25, 0.3) is 11.1 Å². The molecule has 0 atom stereocenters. The van der Waals surface area contributed by atoms with E-state index in [9.17, 15) is 0 Å². The van der Waals surface area contributed by atoms with Gasteiger partial charge in [-0.05, 0) is 74.0 Å². The van der Waals surface area contributed by atoms with E-state index in [-0.39, 0.29) is 0 Å². The van der Waals surface area contributed by atoms with Gasteiger partial charge in [0.1, 0.15) is 0 Å². The monoisotopic (exact) mass is 338 g/mol. The predicted octanol–water partition coefficient (Wildman–Crippen LogP) is 7.15. The number of aryl methyl sites for hydroxylation is 2. The van der Waals surface area contributed by atoms with Crippen LogP contribution in [0, 0.1) is 18.8 Å². The van der Waals surface area contributed by atoms with E-state index in [0.29, 0.717) is 5.92 Å². The van der Waals surface area contributed by atoms with Crippen molar-refractivity contribution >= 4 is 11.6 Å². The molecule has 0 spiro atoms. The zero-order valence-corrected chi connectivity index (χ0v) is 15.3. The second kappa shape index (κ2) is 8.53. The Morgan fingerprint density at radius 2 is 1.46 bits per heavy atom. The van der Waals surface area contributed by atoms with Crippen molar-refractivity contribution in [3.63, 3.8) is 0 Å². The summed E-state index contributed by atoms with van der Waals surface area (Å²) in [6.07, 6.45) is 10.0. The third-order valence-electron chi connectivity index (χ3n) is 5.42. The van der Waals surface area contributed by atoms with Gasteiger partial charge >= 0.3 is 0 Å². The van der Waals surface area contributed by atoms with Crippen LogP contribution in [0.4, 0.5) is 0 Å². The van der Waals surface area contributed by atoms with E-state index in [1.165, 1.54) is 60.8 Å². The van der Waals surface area contributed by atoms with Gasteiger partial charge in [0.05, 0.1) is 0 Å². The molecule has 0 bridgehead atoms. The first kappa shape index (κ1) is 17.3. The molecule has 0 saturated heterocycles. The maximum absolute atomic E-state index is 5.70. The van der Waals surface area contributed by atoms with E-state index in [0.717, 1.165) is 5.92 Å². The lowest BCUT2D eigenvalue weighted by Gasteiger charge is -2.26. The Labute approximate surface area is 151 Å². The van der Waals surface area contributed by atoms with Gasteiger partial charge in [-0.1, -0.05) is 71.8 Å². The van der Waals surface area contributed by atoms with Gasteiger partial charge in [-0.2, -0.15) is 0 Å². The third kappa shape index (κ3) is 4.74. The molecule has 0 radical (unpaired) electrons. The van der Waals surface area contributed by atoms with E-state index in [1.54, 1.807) is 5.54 Å². The van der Waals surface area contributed by atoms with Gasteiger partial charge in [-0.25, -0.2) is 0 Å². The van der Waals surface area contributed by atoms with Crippen LogP contribution >= 0.6 is 11.6 Å². The number of allylic oxidation sites excluding steroid dienone is 1. The molecule has 0 unspecified atom stereocenters. The van der Waals surface area contributed by atoms with E-state index in [4.69, 9.17) is 11.6 Å². The molecule has 0 N–H and O–H groups in total. The minimum Gasteiger partial charge on any atom is -0.0933 e. The van der Waals surface area contributed by atoms with Crippen LogP contribution < -0.4 is 0 Å². The number of rotatable bonds is 5. The minimum absolute atomic E-state index is 0.715. The summed E-state index contributed by atoms with van der Waals surface area (Å²) in [5, 5.41) is 0. The highest BCUT2D eigenvalue weighted by Crippen LogP contribution is 2.32. The molecule has 1 aliphatic carbocycles. The molecular weight excluding hydrogens is 312 g/mol. The third-order valence-corrected chi connectivity index (χ3v) is 5.56. The summed E-state index contributed by atoms with van der Waals surface area (Å²) in [5.41, 5.74) is 7.09. The molecule has 1 heteroatoms. The van der Waals surface area contributed by atoms with Crippen molar-refractivity contribution in [3.8, 4) is 11.1 Å². The Hall–Kier alpha value is -1.53. The largest absolute Gasteiger partial charge is 0.0933 e. The fourth-order valence-electron chi connectivity index (χ4n) is 3.75. The van der Waals surface area contributed by atoms with Gasteiger partial charge in [0, 0.05) is 5.54 Å². The Morgan fingerprint density at radius 1 is 0.875 bits per heavy atom. The molecule has 2 aromatic rings. The van der Waals surface area contributed by atoms with Crippen LogP contribution in [0.3, 0.4) is 0 Å². The first-order valence-electron chi connectivity index (χ1n) is 9.17. The smallest absolute Gasteiger partial charge is 0.000525 e. The van der Waals surface area contributed by atoms with Gasteiger partial charge in [-0.3, -0.25) is 0 Å². The standard InChI is InChI=1S/C23H27Cl/c1-18-2-12-22(13-3-18)23-14-10-20(11-15-23)5-4-19-6-8-21(9-7-19)16-17-24/h2-3,10-17,19,21H,4-9H2,1H3/b17-16+. The zero-order chi connectivity index (χ0) is 16.8. The second-order valence-electron chi connectivity index (χ2n) is 7.20. The molecule has 0 aromatic heterocycles. The SMILES string of the molecule is Cc1ccc(-c2ccc(CCC3CCC(/C=C/Cl)CC3)cc2)cc1. The average molecular weight is 339 g/mol. The van der Waals surface area contributed by atoms with E-state index < -0.39 is 0 Å². The lowest BCUT2D eigenvalue weighted by molar-refractivity contribution is 0.296. The molecule has 1 aliphatic rings. The Kier molecular flexibility index (Phi) is 6.15. The predicted molar refractivity (Wildman–Crippen MR) is 105 cm³/mol. The summed E-state index contributed by atoms with van der Waals surface area (Å²) in [6.45, 7) is 2.13. The number of halogens is 1. The topological polar surface area (TPSA) is 0 Å². The van der Waals surface area contributed by atoms with Gasteiger partial charge in [0.25, 0.3) is 0 Å². The van der Waals surface area contributed by atoms with Gasteiger partial charge in [-0.15, -0.1) is 0 Å². The molecule has 1 fully saturated rings. The molecule has 0 amide bonds. The molecular formula is C23H27Cl. The maximum atomic E-state index is 5.70. The first-order valence-corrected chi connectivity index (χ1v) is 9.61. The van der Waals surface area contributed by atoms with Gasteiger partial charge in [0.2, 0.25) is 0 Å². The highest BCUT2D eigenvalue weighted by Gasteiger charge is 2.19. The number of benzene rings is 2. The number of hydrogen-bond acceptors (Lipinski definition) is 0. The summed E-state index contributed by atoms with van der Waals surface area (Å²) in [7, 11) is 0. The molecule has 0 nitrogen and oxygen atoms in total. The zero-order valence-electron chi connectivity index (χ0n) is 14.5. The lowest BCUT2D eigenvalue weighted by atomic mass is 9.79. The summed E-state index contributed by atoms with van der Waals surface area (Å²) in [6, 6.07) is 17.9. The van der Waals surface area contributed by atoms with Crippen molar-refractivity contribution in [1.29, 1.82) is 0 Å². The second-order valence-corrected chi connectivity index (χ2v) is 7.45. The van der Waals surface area contributed by atoms with Crippen molar-refractivity contribution in [2.75, 3.05) is 0 Å². The molecule has 2 aromatic carbocycles. The van der Waals surface area contributed by atoms with Crippen LogP contribution in [0.5, 0.6) is 0 Å². The van der Waals surface area contributed by atoms with Crippen LogP contribution in [0.1, 0.15) is 43.2 Å². The van der Waals surface area contributed by atoms with Crippen molar-refractivity contribution < 1.29 is 0 Å². The highest BCUT2D eigenvalue weighted by molar-refractivity contribution is 6.25. The summed E-state index contributed by atoms with van der Waals surface area (Å²) in [4.78, 5) is 0. The minimum atomic E-state index is 0.715. The molecule has 126 valence electrons. The van der Waals surface area contributed by atoms with Crippen molar-refractivity contribution in [2.24, 2.45) is 11.8 Å². The van der Waals surface area contributed by atoms with E-state index in [1.807, 2.05) is 0 Å². The maximum Gasteiger partial charge on any atom is 0.000525 e. The molecule has 0 aliphatic heterocycles. The van der Waals surface area contributed by atoms with E-state index >= 15 is 0 Å². The fourth-order valence-corrected chi connectivity index (χ4v) is 3.96. The Bertz CT molecular complexity index is 643. The molecule has 0 heterocycles. The van der Waals surface area contributed by atoms with E-state index in [2.05, 4.69) is 61.5 Å².